The van der Waals surface area contributed by atoms with E-state index in [-0.39, 0.29) is 16.7 Å². The predicted octanol–water partition coefficient (Wildman–Crippen LogP) is 1.80. The number of hydrogen-bond acceptors (Lipinski definition) is 2. The van der Waals surface area contributed by atoms with Gasteiger partial charge in [0.1, 0.15) is 5.78 Å². The van der Waals surface area contributed by atoms with E-state index in [1.165, 1.54) is 0 Å². The highest BCUT2D eigenvalue weighted by molar-refractivity contribution is 7.84. The van der Waals surface area contributed by atoms with Crippen molar-refractivity contribution < 1.29 is 9.00 Å². The lowest BCUT2D eigenvalue weighted by Crippen LogP contribution is -2.46. The Balaban J connectivity index is 2.58. The molecule has 1 N–H and O–H groups in total. The van der Waals surface area contributed by atoms with Crippen molar-refractivity contribution in [3.8, 4) is 0 Å². The third-order valence-corrected chi connectivity index (χ3v) is 4.49. The standard InChI is InChI=1S/C11H21NO2S/c1-8-9(6-5-7-10(8)13)12-15(14)11(2,3)4/h8-9,12H,5-7H2,1-4H3/t8-,9+,15?/m1/s1. The maximum atomic E-state index is 11.9. The molecular formula is C11H21NO2S. The van der Waals surface area contributed by atoms with Crippen LogP contribution in [0.5, 0.6) is 0 Å². The second-order valence-corrected chi connectivity index (χ2v) is 7.25. The van der Waals surface area contributed by atoms with Crippen molar-refractivity contribution in [2.24, 2.45) is 5.92 Å². The van der Waals surface area contributed by atoms with E-state index in [9.17, 15) is 9.00 Å². The summed E-state index contributed by atoms with van der Waals surface area (Å²) in [5, 5.41) is 0. The van der Waals surface area contributed by atoms with Crippen LogP contribution in [-0.4, -0.2) is 20.8 Å². The molecule has 15 heavy (non-hydrogen) atoms. The van der Waals surface area contributed by atoms with Gasteiger partial charge in [0.25, 0.3) is 0 Å². The highest BCUT2D eigenvalue weighted by Crippen LogP contribution is 2.22. The smallest absolute Gasteiger partial charge is 0.137 e. The van der Waals surface area contributed by atoms with Crippen LogP contribution in [-0.2, 0) is 15.8 Å². The van der Waals surface area contributed by atoms with Crippen LogP contribution in [0.1, 0.15) is 47.0 Å². The van der Waals surface area contributed by atoms with Crippen LogP contribution >= 0.6 is 0 Å². The van der Waals surface area contributed by atoms with Gasteiger partial charge in [-0.25, -0.2) is 8.93 Å². The number of carbonyl (C=O) groups excluding carboxylic acids is 1. The molecule has 4 heteroatoms. The summed E-state index contributed by atoms with van der Waals surface area (Å²) in [6.07, 6.45) is 2.55. The lowest BCUT2D eigenvalue weighted by atomic mass is 9.85. The van der Waals surface area contributed by atoms with Gasteiger partial charge in [-0.2, -0.15) is 0 Å². The van der Waals surface area contributed by atoms with Gasteiger partial charge in [-0.05, 0) is 33.6 Å². The zero-order valence-corrected chi connectivity index (χ0v) is 10.8. The molecule has 0 amide bonds. The first-order valence-corrected chi connectivity index (χ1v) is 6.68. The summed E-state index contributed by atoms with van der Waals surface area (Å²) in [4.78, 5) is 11.5. The maximum absolute atomic E-state index is 11.9. The van der Waals surface area contributed by atoms with Crippen molar-refractivity contribution in [1.29, 1.82) is 0 Å². The molecule has 0 saturated heterocycles. The number of hydrogen-bond donors (Lipinski definition) is 1. The minimum absolute atomic E-state index is 0.00468. The summed E-state index contributed by atoms with van der Waals surface area (Å²) in [5.41, 5.74) is 0. The molecule has 0 radical (unpaired) electrons. The Morgan fingerprint density at radius 2 is 2.00 bits per heavy atom. The van der Waals surface area contributed by atoms with Gasteiger partial charge < -0.3 is 0 Å². The largest absolute Gasteiger partial charge is 0.299 e. The Hall–Kier alpha value is -0.220. The predicted molar refractivity (Wildman–Crippen MR) is 62.8 cm³/mol. The van der Waals surface area contributed by atoms with Crippen molar-refractivity contribution in [2.45, 2.75) is 57.7 Å². The molecule has 3 nitrogen and oxygen atoms in total. The van der Waals surface area contributed by atoms with Gasteiger partial charge in [-0.1, -0.05) is 6.92 Å². The third kappa shape index (κ3) is 3.38. The third-order valence-electron chi connectivity index (χ3n) is 2.86. The second-order valence-electron chi connectivity index (χ2n) is 5.25. The first-order chi connectivity index (χ1) is 6.82. The lowest BCUT2D eigenvalue weighted by molar-refractivity contribution is -0.124. The average Bonchev–Trinajstić information content (AvgIpc) is 2.11. The second kappa shape index (κ2) is 4.74. The fourth-order valence-corrected chi connectivity index (χ4v) is 2.62. The zero-order valence-electron chi connectivity index (χ0n) is 10.0. The summed E-state index contributed by atoms with van der Waals surface area (Å²) in [6.45, 7) is 7.74. The molecule has 1 aliphatic rings. The van der Waals surface area contributed by atoms with Crippen LogP contribution in [0.4, 0.5) is 0 Å². The van der Waals surface area contributed by atoms with E-state index in [2.05, 4.69) is 4.72 Å². The quantitative estimate of drug-likeness (QED) is 0.787. The lowest BCUT2D eigenvalue weighted by Gasteiger charge is -2.30. The van der Waals surface area contributed by atoms with Crippen LogP contribution in [0.25, 0.3) is 0 Å². The Kier molecular flexibility index (Phi) is 4.06. The fraction of sp³-hybridized carbons (Fsp3) is 0.909. The van der Waals surface area contributed by atoms with E-state index >= 15 is 0 Å². The summed E-state index contributed by atoms with van der Waals surface area (Å²) < 4.78 is 14.7. The monoisotopic (exact) mass is 231 g/mol. The SMILES string of the molecule is C[C@H]1C(=O)CCC[C@@H]1NS(=O)C(C)(C)C. The molecule has 88 valence electrons. The first-order valence-electron chi connectivity index (χ1n) is 5.53. The number of ketones is 1. The summed E-state index contributed by atoms with van der Waals surface area (Å²) in [7, 11) is -1.07. The number of nitrogens with one attached hydrogen (secondary N) is 1. The molecule has 1 unspecified atom stereocenters. The van der Waals surface area contributed by atoms with Crippen LogP contribution in [0.2, 0.25) is 0 Å². The molecule has 0 aromatic rings. The van der Waals surface area contributed by atoms with Crippen molar-refractivity contribution in [3.63, 3.8) is 0 Å². The Labute approximate surface area is 94.6 Å². The summed E-state index contributed by atoms with van der Waals surface area (Å²) in [5.74, 6) is 0.301. The summed E-state index contributed by atoms with van der Waals surface area (Å²) in [6, 6.07) is 0.0892. The Morgan fingerprint density at radius 1 is 1.40 bits per heavy atom. The normalized spacial score (nSPS) is 30.3. The molecule has 1 fully saturated rings. The summed E-state index contributed by atoms with van der Waals surface area (Å²) >= 11 is 0. The molecule has 3 atom stereocenters. The van der Waals surface area contributed by atoms with Crippen molar-refractivity contribution in [1.82, 2.24) is 4.72 Å². The van der Waals surface area contributed by atoms with Crippen molar-refractivity contribution in [3.05, 3.63) is 0 Å². The molecule has 1 aliphatic carbocycles. The topological polar surface area (TPSA) is 46.2 Å². The highest BCUT2D eigenvalue weighted by Gasteiger charge is 2.31. The molecule has 0 heterocycles. The Bertz CT molecular complexity index is 270. The van der Waals surface area contributed by atoms with E-state index in [4.69, 9.17) is 0 Å². The molecule has 0 bridgehead atoms. The zero-order chi connectivity index (χ0) is 11.6. The number of rotatable bonds is 2. The van der Waals surface area contributed by atoms with Gasteiger partial charge in [-0.15, -0.1) is 0 Å². The molecule has 0 aliphatic heterocycles. The number of Topliss-reactive ketones (excluding diaryl/α,β-unsaturated/α-hetero) is 1. The van der Waals surface area contributed by atoms with Gasteiger partial charge >= 0.3 is 0 Å². The molecule has 0 aromatic heterocycles. The number of carbonyl (C=O) groups is 1. The van der Waals surface area contributed by atoms with Crippen molar-refractivity contribution in [2.75, 3.05) is 0 Å². The van der Waals surface area contributed by atoms with Crippen LogP contribution in [0.15, 0.2) is 0 Å². The van der Waals surface area contributed by atoms with Crippen LogP contribution in [0.3, 0.4) is 0 Å². The Morgan fingerprint density at radius 3 is 2.53 bits per heavy atom. The van der Waals surface area contributed by atoms with Crippen molar-refractivity contribution >= 4 is 16.8 Å². The van der Waals surface area contributed by atoms with Gasteiger partial charge in [0.2, 0.25) is 0 Å². The maximum Gasteiger partial charge on any atom is 0.137 e. The van der Waals surface area contributed by atoms with Gasteiger partial charge in [0.15, 0.2) is 0 Å². The molecular weight excluding hydrogens is 210 g/mol. The fourth-order valence-electron chi connectivity index (χ4n) is 1.67. The first kappa shape index (κ1) is 12.8. The molecule has 1 saturated carbocycles. The van der Waals surface area contributed by atoms with E-state index < -0.39 is 11.0 Å². The van der Waals surface area contributed by atoms with Crippen LogP contribution < -0.4 is 4.72 Å². The highest BCUT2D eigenvalue weighted by atomic mass is 32.2. The van der Waals surface area contributed by atoms with Gasteiger partial charge in [-0.3, -0.25) is 4.79 Å². The van der Waals surface area contributed by atoms with E-state index in [1.54, 1.807) is 0 Å². The van der Waals surface area contributed by atoms with E-state index in [0.29, 0.717) is 12.2 Å². The van der Waals surface area contributed by atoms with Gasteiger partial charge in [0, 0.05) is 18.4 Å². The molecule has 1 rings (SSSR count). The average molecular weight is 231 g/mol. The molecule has 0 aromatic carbocycles. The minimum Gasteiger partial charge on any atom is -0.299 e. The van der Waals surface area contributed by atoms with Gasteiger partial charge in [0.05, 0.1) is 15.7 Å². The minimum atomic E-state index is -1.07. The van der Waals surface area contributed by atoms with Crippen LogP contribution in [0, 0.1) is 5.92 Å². The van der Waals surface area contributed by atoms with E-state index in [1.807, 2.05) is 27.7 Å². The molecule has 0 spiro atoms. The van der Waals surface area contributed by atoms with E-state index in [0.717, 1.165) is 12.8 Å².